The van der Waals surface area contributed by atoms with E-state index in [4.69, 9.17) is 9.47 Å². The molecule has 0 aliphatic heterocycles. The van der Waals surface area contributed by atoms with Gasteiger partial charge in [0.15, 0.2) is 17.3 Å². The highest BCUT2D eigenvalue weighted by Gasteiger charge is 2.19. The van der Waals surface area contributed by atoms with Gasteiger partial charge in [0.2, 0.25) is 11.3 Å². The second kappa shape index (κ2) is 11.1. The summed E-state index contributed by atoms with van der Waals surface area (Å²) in [6, 6.07) is 16.0. The molecule has 190 valence electrons. The van der Waals surface area contributed by atoms with Crippen molar-refractivity contribution in [1.82, 2.24) is 14.9 Å². The number of ketones is 1. The van der Waals surface area contributed by atoms with Crippen LogP contribution in [-0.2, 0) is 17.8 Å². The molecular formula is C29H29N3O5. The second-order valence-electron chi connectivity index (χ2n) is 8.81. The molecule has 1 N–H and O–H groups in total. The smallest absolute Gasteiger partial charge is 0.240 e. The van der Waals surface area contributed by atoms with Crippen LogP contribution in [0.2, 0.25) is 0 Å². The number of hydrogen-bond acceptors (Lipinski definition) is 6. The fourth-order valence-electron chi connectivity index (χ4n) is 4.10. The van der Waals surface area contributed by atoms with Crippen molar-refractivity contribution in [3.8, 4) is 11.5 Å². The third-order valence-corrected chi connectivity index (χ3v) is 6.12. The van der Waals surface area contributed by atoms with Crippen molar-refractivity contribution in [2.75, 3.05) is 20.8 Å². The Morgan fingerprint density at radius 2 is 1.68 bits per heavy atom. The molecule has 0 fully saturated rings. The predicted octanol–water partition coefficient (Wildman–Crippen LogP) is 3.62. The van der Waals surface area contributed by atoms with Crippen molar-refractivity contribution < 1.29 is 19.1 Å². The summed E-state index contributed by atoms with van der Waals surface area (Å²) in [6.07, 6.45) is 2.03. The minimum Gasteiger partial charge on any atom is -0.493 e. The number of hydrogen-bond donors (Lipinski definition) is 1. The molecule has 0 aliphatic rings. The Bertz CT molecular complexity index is 1520. The highest BCUT2D eigenvalue weighted by molar-refractivity contribution is 6.10. The quantitative estimate of drug-likeness (QED) is 0.353. The first-order valence-electron chi connectivity index (χ1n) is 11.9. The van der Waals surface area contributed by atoms with E-state index < -0.39 is 11.2 Å². The lowest BCUT2D eigenvalue weighted by Crippen LogP contribution is -2.31. The molecule has 37 heavy (non-hydrogen) atoms. The van der Waals surface area contributed by atoms with Gasteiger partial charge in [0.1, 0.15) is 12.2 Å². The summed E-state index contributed by atoms with van der Waals surface area (Å²) >= 11 is 0. The van der Waals surface area contributed by atoms with Crippen molar-refractivity contribution in [2.45, 2.75) is 26.8 Å². The van der Waals surface area contributed by atoms with Crippen LogP contribution in [0.25, 0.3) is 11.0 Å². The molecule has 0 atom stereocenters. The van der Waals surface area contributed by atoms with Gasteiger partial charge in [-0.15, -0.1) is 0 Å². The molecule has 2 heterocycles. The Labute approximate surface area is 214 Å². The average molecular weight is 500 g/mol. The molecule has 0 spiro atoms. The van der Waals surface area contributed by atoms with Crippen molar-refractivity contribution in [3.63, 3.8) is 0 Å². The van der Waals surface area contributed by atoms with Gasteiger partial charge in [-0.25, -0.2) is 4.98 Å². The van der Waals surface area contributed by atoms with Crippen LogP contribution in [0.4, 0.5) is 0 Å². The van der Waals surface area contributed by atoms with Crippen LogP contribution in [-0.4, -0.2) is 42.0 Å². The molecule has 4 aromatic rings. The summed E-state index contributed by atoms with van der Waals surface area (Å²) in [7, 11) is 3.15. The van der Waals surface area contributed by atoms with E-state index in [9.17, 15) is 14.4 Å². The number of ether oxygens (including phenoxy) is 2. The number of nitrogens with zero attached hydrogens (tertiary/aromatic N) is 2. The van der Waals surface area contributed by atoms with Crippen molar-refractivity contribution in [1.29, 1.82) is 0 Å². The minimum atomic E-state index is -0.404. The lowest BCUT2D eigenvalue weighted by Gasteiger charge is -2.14. The van der Waals surface area contributed by atoms with E-state index in [-0.39, 0.29) is 18.0 Å². The van der Waals surface area contributed by atoms with Crippen LogP contribution in [0, 0.1) is 13.8 Å². The van der Waals surface area contributed by atoms with Gasteiger partial charge >= 0.3 is 0 Å². The highest BCUT2D eigenvalue weighted by Crippen LogP contribution is 2.27. The molecule has 2 aromatic carbocycles. The monoisotopic (exact) mass is 499 g/mol. The SMILES string of the molecule is COc1ccc(CCNC(=O)Cn2cc(C(=O)c3ccc(C)cc3)c(=O)c3ccc(C)nc32)cc1OC. The van der Waals surface area contributed by atoms with Crippen LogP contribution in [0.1, 0.15) is 32.7 Å². The van der Waals surface area contributed by atoms with Gasteiger partial charge in [0, 0.05) is 24.0 Å². The largest absolute Gasteiger partial charge is 0.493 e. The van der Waals surface area contributed by atoms with Gasteiger partial charge in [-0.1, -0.05) is 35.9 Å². The molecule has 0 saturated carbocycles. The summed E-state index contributed by atoms with van der Waals surface area (Å²) in [5.74, 6) is 0.606. The van der Waals surface area contributed by atoms with E-state index >= 15 is 0 Å². The Balaban J connectivity index is 1.56. The molecule has 2 aromatic heterocycles. The number of methoxy groups -OCH3 is 2. The summed E-state index contributed by atoms with van der Waals surface area (Å²) in [4.78, 5) is 43.7. The van der Waals surface area contributed by atoms with Crippen LogP contribution in [0.15, 0.2) is 65.6 Å². The van der Waals surface area contributed by atoms with Gasteiger partial charge in [0.05, 0.1) is 25.2 Å². The Morgan fingerprint density at radius 1 is 0.946 bits per heavy atom. The van der Waals surface area contributed by atoms with Crippen LogP contribution >= 0.6 is 0 Å². The summed E-state index contributed by atoms with van der Waals surface area (Å²) in [6.45, 7) is 4.04. The van der Waals surface area contributed by atoms with Crippen LogP contribution in [0.5, 0.6) is 11.5 Å². The first-order valence-corrected chi connectivity index (χ1v) is 11.9. The molecule has 4 rings (SSSR count). The summed E-state index contributed by atoms with van der Waals surface area (Å²) < 4.78 is 12.2. The second-order valence-corrected chi connectivity index (χ2v) is 8.81. The number of benzene rings is 2. The molecular weight excluding hydrogens is 470 g/mol. The zero-order chi connectivity index (χ0) is 26.5. The zero-order valence-electron chi connectivity index (χ0n) is 21.3. The number of aryl methyl sites for hydroxylation is 2. The number of pyridine rings is 2. The van der Waals surface area contributed by atoms with Gasteiger partial charge < -0.3 is 19.4 Å². The summed E-state index contributed by atoms with van der Waals surface area (Å²) in [5.41, 5.74) is 3.06. The Hall–Kier alpha value is -4.46. The molecule has 0 unspecified atom stereocenters. The standard InChI is InChI=1S/C29H29N3O5/c1-18-5-9-21(10-6-18)27(34)23-16-32(29-22(28(23)35)11-7-19(2)31-29)17-26(33)30-14-13-20-8-12-24(36-3)25(15-20)37-4/h5-12,15-16H,13-14,17H2,1-4H3,(H,30,33). The van der Waals surface area contributed by atoms with Crippen molar-refractivity contribution in [2.24, 2.45) is 0 Å². The third-order valence-electron chi connectivity index (χ3n) is 6.12. The zero-order valence-corrected chi connectivity index (χ0v) is 21.3. The van der Waals surface area contributed by atoms with Gasteiger partial charge in [-0.3, -0.25) is 14.4 Å². The maximum absolute atomic E-state index is 13.2. The van der Waals surface area contributed by atoms with E-state index in [1.54, 1.807) is 43.1 Å². The van der Waals surface area contributed by atoms with Crippen LogP contribution < -0.4 is 20.2 Å². The first kappa shape index (κ1) is 25.6. The average Bonchev–Trinajstić information content (AvgIpc) is 2.90. The lowest BCUT2D eigenvalue weighted by atomic mass is 10.0. The number of rotatable bonds is 9. The van der Waals surface area contributed by atoms with Crippen LogP contribution in [0.3, 0.4) is 0 Å². The molecule has 0 radical (unpaired) electrons. The lowest BCUT2D eigenvalue weighted by molar-refractivity contribution is -0.121. The van der Waals surface area contributed by atoms with Crippen molar-refractivity contribution >= 4 is 22.7 Å². The topological polar surface area (TPSA) is 99.5 Å². The number of carbonyl (C=O) groups is 2. The normalized spacial score (nSPS) is 10.8. The van der Waals surface area contributed by atoms with E-state index in [1.165, 1.54) is 6.20 Å². The third kappa shape index (κ3) is 5.69. The molecule has 0 aliphatic carbocycles. The molecule has 0 saturated heterocycles. The van der Waals surface area contributed by atoms with Gasteiger partial charge in [-0.2, -0.15) is 0 Å². The Morgan fingerprint density at radius 3 is 2.38 bits per heavy atom. The molecule has 1 amide bonds. The van der Waals surface area contributed by atoms with E-state index in [0.29, 0.717) is 46.8 Å². The number of amides is 1. The van der Waals surface area contributed by atoms with Crippen molar-refractivity contribution in [3.05, 3.63) is 99.0 Å². The number of fused-ring (bicyclic) bond motifs is 1. The van der Waals surface area contributed by atoms with Gasteiger partial charge in [0.25, 0.3) is 0 Å². The van der Waals surface area contributed by atoms with Gasteiger partial charge in [-0.05, 0) is 50.1 Å². The Kier molecular flexibility index (Phi) is 7.67. The number of nitrogens with one attached hydrogen (secondary N) is 1. The number of aromatic nitrogens is 2. The van der Waals surface area contributed by atoms with E-state index in [0.717, 1.165) is 11.1 Å². The van der Waals surface area contributed by atoms with E-state index in [1.807, 2.05) is 44.2 Å². The molecule has 8 nitrogen and oxygen atoms in total. The first-order chi connectivity index (χ1) is 17.8. The molecule has 0 bridgehead atoms. The maximum atomic E-state index is 13.2. The molecule has 8 heteroatoms. The summed E-state index contributed by atoms with van der Waals surface area (Å²) in [5, 5.41) is 3.20. The fraction of sp³-hybridized carbons (Fsp3) is 0.241. The predicted molar refractivity (Wildman–Crippen MR) is 142 cm³/mol. The minimum absolute atomic E-state index is 0.000124. The maximum Gasteiger partial charge on any atom is 0.240 e. The fourth-order valence-corrected chi connectivity index (χ4v) is 4.10. The number of carbonyl (C=O) groups excluding carboxylic acids is 2. The highest BCUT2D eigenvalue weighted by atomic mass is 16.5. The van der Waals surface area contributed by atoms with E-state index in [2.05, 4.69) is 10.3 Å².